The summed E-state index contributed by atoms with van der Waals surface area (Å²) in [6.07, 6.45) is -4.43. The lowest BCUT2D eigenvalue weighted by molar-refractivity contribution is -0.137. The number of carbonyl (C=O) groups is 1. The minimum Gasteiger partial charge on any atom is -0.493 e. The number of ether oxygens (including phenoxy) is 2. The third-order valence-electron chi connectivity index (χ3n) is 3.31. The molecule has 2 rings (SSSR count). The molecular weight excluding hydrogens is 337 g/mol. The molecule has 0 heterocycles. The number of halogens is 3. The van der Waals surface area contributed by atoms with Crippen molar-refractivity contribution >= 4 is 17.3 Å². The molecule has 5 nitrogen and oxygen atoms in total. The number of anilines is 2. The molecule has 1 amide bonds. The minimum atomic E-state index is -4.43. The number of benzene rings is 2. The van der Waals surface area contributed by atoms with Gasteiger partial charge in [-0.3, -0.25) is 4.79 Å². The van der Waals surface area contributed by atoms with Crippen LogP contribution in [0.4, 0.5) is 24.5 Å². The first kappa shape index (κ1) is 18.4. The van der Waals surface area contributed by atoms with Gasteiger partial charge >= 0.3 is 6.18 Å². The highest BCUT2D eigenvalue weighted by Crippen LogP contribution is 2.31. The molecule has 8 heteroatoms. The van der Waals surface area contributed by atoms with Crippen LogP contribution in [0.3, 0.4) is 0 Å². The molecule has 0 spiro atoms. The highest BCUT2D eigenvalue weighted by molar-refractivity contribution is 5.94. The van der Waals surface area contributed by atoms with Crippen molar-refractivity contribution in [3.05, 3.63) is 48.0 Å². The van der Waals surface area contributed by atoms with Crippen molar-refractivity contribution in [3.63, 3.8) is 0 Å². The Balaban J connectivity index is 1.97. The lowest BCUT2D eigenvalue weighted by atomic mass is 10.2. The second-order valence-corrected chi connectivity index (χ2v) is 5.05. The van der Waals surface area contributed by atoms with Gasteiger partial charge in [0.1, 0.15) is 0 Å². The number of carbonyl (C=O) groups excluding carboxylic acids is 1. The molecule has 0 aromatic heterocycles. The van der Waals surface area contributed by atoms with Crippen LogP contribution in [0, 0.1) is 0 Å². The van der Waals surface area contributed by atoms with Gasteiger partial charge in [0.25, 0.3) is 0 Å². The maximum Gasteiger partial charge on any atom is 0.416 e. The Bertz CT molecular complexity index is 748. The van der Waals surface area contributed by atoms with Gasteiger partial charge in [0.2, 0.25) is 5.91 Å². The summed E-state index contributed by atoms with van der Waals surface area (Å²) in [6.45, 7) is -0.185. The van der Waals surface area contributed by atoms with Gasteiger partial charge in [-0.15, -0.1) is 0 Å². The van der Waals surface area contributed by atoms with Gasteiger partial charge in [-0.25, -0.2) is 0 Å². The molecule has 0 radical (unpaired) electrons. The molecule has 0 fully saturated rings. The zero-order valence-corrected chi connectivity index (χ0v) is 13.6. The maximum atomic E-state index is 12.7. The summed E-state index contributed by atoms with van der Waals surface area (Å²) in [7, 11) is 2.97. The quantitative estimate of drug-likeness (QED) is 0.829. The van der Waals surface area contributed by atoms with Crippen LogP contribution in [-0.2, 0) is 11.0 Å². The van der Waals surface area contributed by atoms with Crippen LogP contribution in [0.5, 0.6) is 11.5 Å². The molecule has 0 atom stereocenters. The van der Waals surface area contributed by atoms with E-state index >= 15 is 0 Å². The average molecular weight is 354 g/mol. The number of hydrogen-bond acceptors (Lipinski definition) is 4. The van der Waals surface area contributed by atoms with Crippen molar-refractivity contribution in [2.24, 2.45) is 0 Å². The Morgan fingerprint density at radius 3 is 2.36 bits per heavy atom. The van der Waals surface area contributed by atoms with E-state index in [0.717, 1.165) is 12.1 Å². The van der Waals surface area contributed by atoms with E-state index in [-0.39, 0.29) is 12.2 Å². The standard InChI is InChI=1S/C17H17F3N2O3/c1-24-14-7-6-13(9-15(14)25-2)22-16(23)10-21-12-5-3-4-11(8-12)17(18,19)20/h3-9,21H,10H2,1-2H3,(H,22,23). The summed E-state index contributed by atoms with van der Waals surface area (Å²) in [5.74, 6) is 0.554. The Morgan fingerprint density at radius 1 is 1.00 bits per heavy atom. The van der Waals surface area contributed by atoms with Crippen LogP contribution in [0.2, 0.25) is 0 Å². The normalized spacial score (nSPS) is 10.9. The average Bonchev–Trinajstić information content (AvgIpc) is 2.59. The molecule has 0 aliphatic carbocycles. The van der Waals surface area contributed by atoms with Crippen LogP contribution >= 0.6 is 0 Å². The Hall–Kier alpha value is -2.90. The van der Waals surface area contributed by atoms with Crippen molar-refractivity contribution in [2.75, 3.05) is 31.4 Å². The molecule has 0 saturated heterocycles. The van der Waals surface area contributed by atoms with E-state index in [1.54, 1.807) is 18.2 Å². The van der Waals surface area contributed by atoms with Crippen LogP contribution in [0.25, 0.3) is 0 Å². The SMILES string of the molecule is COc1ccc(NC(=O)CNc2cccc(C(F)(F)F)c2)cc1OC. The molecule has 2 N–H and O–H groups in total. The summed E-state index contributed by atoms with van der Waals surface area (Å²) in [6, 6.07) is 9.49. The number of rotatable bonds is 6. The lowest BCUT2D eigenvalue weighted by Gasteiger charge is -2.12. The van der Waals surface area contributed by atoms with Crippen LogP contribution in [0.1, 0.15) is 5.56 Å². The van der Waals surface area contributed by atoms with Gasteiger partial charge < -0.3 is 20.1 Å². The van der Waals surface area contributed by atoms with Crippen molar-refractivity contribution in [3.8, 4) is 11.5 Å². The Labute approximate surface area is 142 Å². The summed E-state index contributed by atoms with van der Waals surface area (Å²) in [5, 5.41) is 5.28. The molecule has 0 aliphatic heterocycles. The maximum absolute atomic E-state index is 12.7. The summed E-state index contributed by atoms with van der Waals surface area (Å²) >= 11 is 0. The fourth-order valence-electron chi connectivity index (χ4n) is 2.11. The molecule has 0 aliphatic rings. The molecule has 134 valence electrons. The van der Waals surface area contributed by atoms with E-state index in [0.29, 0.717) is 17.2 Å². The highest BCUT2D eigenvalue weighted by atomic mass is 19.4. The molecule has 0 bridgehead atoms. The third kappa shape index (κ3) is 5.03. The predicted octanol–water partition coefficient (Wildman–Crippen LogP) is 3.77. The van der Waals surface area contributed by atoms with Gasteiger partial charge in [-0.1, -0.05) is 6.07 Å². The third-order valence-corrected chi connectivity index (χ3v) is 3.31. The molecule has 25 heavy (non-hydrogen) atoms. The highest BCUT2D eigenvalue weighted by Gasteiger charge is 2.30. The monoisotopic (exact) mass is 354 g/mol. The summed E-state index contributed by atoms with van der Waals surface area (Å²) in [4.78, 5) is 12.0. The predicted molar refractivity (Wildman–Crippen MR) is 88.1 cm³/mol. The largest absolute Gasteiger partial charge is 0.493 e. The zero-order valence-electron chi connectivity index (χ0n) is 13.6. The van der Waals surface area contributed by atoms with Crippen molar-refractivity contribution in [2.45, 2.75) is 6.18 Å². The molecular formula is C17H17F3N2O3. The van der Waals surface area contributed by atoms with Gasteiger partial charge in [0.15, 0.2) is 11.5 Å². The van der Waals surface area contributed by atoms with Gasteiger partial charge in [-0.05, 0) is 30.3 Å². The minimum absolute atomic E-state index is 0.185. The van der Waals surface area contributed by atoms with Crippen molar-refractivity contribution in [1.29, 1.82) is 0 Å². The first-order chi connectivity index (χ1) is 11.8. The van der Waals surface area contributed by atoms with Gasteiger partial charge in [0, 0.05) is 17.4 Å². The smallest absolute Gasteiger partial charge is 0.416 e. The molecule has 2 aromatic carbocycles. The Kier molecular flexibility index (Phi) is 5.74. The molecule has 2 aromatic rings. The molecule has 0 unspecified atom stereocenters. The number of alkyl halides is 3. The lowest BCUT2D eigenvalue weighted by Crippen LogP contribution is -2.22. The summed E-state index contributed by atoms with van der Waals surface area (Å²) in [5.41, 5.74) is -0.0939. The van der Waals surface area contributed by atoms with E-state index < -0.39 is 17.6 Å². The van der Waals surface area contributed by atoms with Crippen molar-refractivity contribution < 1.29 is 27.4 Å². The van der Waals surface area contributed by atoms with E-state index in [1.165, 1.54) is 26.4 Å². The van der Waals surface area contributed by atoms with E-state index in [9.17, 15) is 18.0 Å². The first-order valence-electron chi connectivity index (χ1n) is 7.26. The fourth-order valence-corrected chi connectivity index (χ4v) is 2.11. The van der Waals surface area contributed by atoms with Crippen molar-refractivity contribution in [1.82, 2.24) is 0 Å². The van der Waals surface area contributed by atoms with E-state index in [2.05, 4.69) is 10.6 Å². The second kappa shape index (κ2) is 7.78. The number of methoxy groups -OCH3 is 2. The van der Waals surface area contributed by atoms with Crippen LogP contribution < -0.4 is 20.1 Å². The van der Waals surface area contributed by atoms with E-state index in [4.69, 9.17) is 9.47 Å². The van der Waals surface area contributed by atoms with Crippen LogP contribution in [-0.4, -0.2) is 26.7 Å². The Morgan fingerprint density at radius 2 is 1.72 bits per heavy atom. The number of nitrogens with one attached hydrogen (secondary N) is 2. The number of hydrogen-bond donors (Lipinski definition) is 2. The van der Waals surface area contributed by atoms with Crippen LogP contribution in [0.15, 0.2) is 42.5 Å². The van der Waals surface area contributed by atoms with Gasteiger partial charge in [0.05, 0.1) is 26.3 Å². The summed E-state index contributed by atoms with van der Waals surface area (Å²) < 4.78 is 48.2. The van der Waals surface area contributed by atoms with E-state index in [1.807, 2.05) is 0 Å². The fraction of sp³-hybridized carbons (Fsp3) is 0.235. The topological polar surface area (TPSA) is 59.6 Å². The van der Waals surface area contributed by atoms with Gasteiger partial charge in [-0.2, -0.15) is 13.2 Å². The molecule has 0 saturated carbocycles. The second-order valence-electron chi connectivity index (χ2n) is 5.05. The first-order valence-corrected chi connectivity index (χ1v) is 7.26. The number of amides is 1. The zero-order chi connectivity index (χ0) is 18.4.